The molecule has 33 heavy (non-hydrogen) atoms. The van der Waals surface area contributed by atoms with Crippen molar-refractivity contribution < 1.29 is 28.6 Å². The summed E-state index contributed by atoms with van der Waals surface area (Å²) >= 11 is 0. The third-order valence-corrected chi connectivity index (χ3v) is 6.13. The molecular weight excluding hydrogens is 422 g/mol. The smallest absolute Gasteiger partial charge is 0.300 e. The van der Waals surface area contributed by atoms with E-state index in [1.54, 1.807) is 43.3 Å². The number of aryl methyl sites for hydroxylation is 2. The van der Waals surface area contributed by atoms with Crippen LogP contribution in [0.15, 0.2) is 58.5 Å². The van der Waals surface area contributed by atoms with Crippen molar-refractivity contribution in [2.24, 2.45) is 0 Å². The number of carbonyl (C=O) groups is 2. The van der Waals surface area contributed by atoms with Gasteiger partial charge in [0.25, 0.3) is 11.7 Å². The van der Waals surface area contributed by atoms with Gasteiger partial charge in [0, 0.05) is 11.3 Å². The van der Waals surface area contributed by atoms with Crippen molar-refractivity contribution in [2.75, 3.05) is 18.1 Å². The number of rotatable bonds is 3. The van der Waals surface area contributed by atoms with Crippen molar-refractivity contribution >= 4 is 23.1 Å². The molecule has 3 heterocycles. The average molecular weight is 445 g/mol. The largest absolute Gasteiger partial charge is 0.507 e. The summed E-state index contributed by atoms with van der Waals surface area (Å²) in [4.78, 5) is 28.0. The minimum atomic E-state index is -0.910. The minimum Gasteiger partial charge on any atom is -0.507 e. The van der Waals surface area contributed by atoms with E-state index in [0.29, 0.717) is 47.5 Å². The van der Waals surface area contributed by atoms with E-state index in [4.69, 9.17) is 13.9 Å². The molecule has 1 N–H and O–H groups in total. The van der Waals surface area contributed by atoms with Crippen LogP contribution in [0.2, 0.25) is 0 Å². The second kappa shape index (κ2) is 7.85. The van der Waals surface area contributed by atoms with Crippen LogP contribution >= 0.6 is 0 Å². The molecule has 1 amide bonds. The molecule has 1 saturated heterocycles. The van der Waals surface area contributed by atoms with Gasteiger partial charge in [-0.05, 0) is 68.3 Å². The molecule has 168 valence electrons. The zero-order valence-corrected chi connectivity index (χ0v) is 18.5. The molecule has 3 aromatic rings. The molecule has 5 rings (SSSR count). The molecule has 0 bridgehead atoms. The summed E-state index contributed by atoms with van der Waals surface area (Å²) in [6, 6.07) is 13.1. The van der Waals surface area contributed by atoms with Gasteiger partial charge in [-0.1, -0.05) is 12.1 Å². The van der Waals surface area contributed by atoms with Crippen LogP contribution in [0.25, 0.3) is 5.76 Å². The molecule has 7 nitrogen and oxygen atoms in total. The fourth-order valence-corrected chi connectivity index (χ4v) is 4.29. The summed E-state index contributed by atoms with van der Waals surface area (Å²) in [5.41, 5.74) is 2.76. The number of hydrogen-bond acceptors (Lipinski definition) is 6. The maximum Gasteiger partial charge on any atom is 0.300 e. The number of furan rings is 1. The van der Waals surface area contributed by atoms with Crippen molar-refractivity contribution in [1.82, 2.24) is 0 Å². The molecular formula is C26H23NO6. The first-order valence-electron chi connectivity index (χ1n) is 10.7. The first kappa shape index (κ1) is 20.9. The topological polar surface area (TPSA) is 89.2 Å². The van der Waals surface area contributed by atoms with Crippen molar-refractivity contribution in [2.45, 2.75) is 26.8 Å². The van der Waals surface area contributed by atoms with Crippen LogP contribution in [0.5, 0.6) is 11.5 Å². The molecule has 1 fully saturated rings. The lowest BCUT2D eigenvalue weighted by Gasteiger charge is -2.25. The van der Waals surface area contributed by atoms with Crippen LogP contribution < -0.4 is 14.4 Å². The number of ether oxygens (including phenoxy) is 2. The fraction of sp³-hybridized carbons (Fsp3) is 0.231. The van der Waals surface area contributed by atoms with Gasteiger partial charge in [0.15, 0.2) is 11.5 Å². The average Bonchev–Trinajstić information content (AvgIpc) is 3.36. The highest BCUT2D eigenvalue weighted by Gasteiger charge is 2.49. The van der Waals surface area contributed by atoms with E-state index in [1.165, 1.54) is 4.90 Å². The van der Waals surface area contributed by atoms with E-state index in [-0.39, 0.29) is 11.3 Å². The third-order valence-electron chi connectivity index (χ3n) is 6.13. The third kappa shape index (κ3) is 3.36. The van der Waals surface area contributed by atoms with Crippen LogP contribution in [0.4, 0.5) is 5.69 Å². The number of anilines is 1. The highest BCUT2D eigenvalue weighted by Crippen LogP contribution is 2.44. The number of fused-ring (bicyclic) bond motifs is 1. The number of amides is 1. The van der Waals surface area contributed by atoms with Gasteiger partial charge < -0.3 is 19.0 Å². The molecule has 0 radical (unpaired) electrons. The van der Waals surface area contributed by atoms with E-state index >= 15 is 0 Å². The zero-order valence-electron chi connectivity index (χ0n) is 18.5. The van der Waals surface area contributed by atoms with Gasteiger partial charge in [-0.3, -0.25) is 14.5 Å². The second-order valence-corrected chi connectivity index (χ2v) is 8.19. The van der Waals surface area contributed by atoms with Crippen molar-refractivity contribution in [3.8, 4) is 11.5 Å². The van der Waals surface area contributed by atoms with Crippen molar-refractivity contribution in [1.29, 1.82) is 0 Å². The lowest BCUT2D eigenvalue weighted by atomic mass is 9.98. The molecule has 2 aliphatic heterocycles. The summed E-state index contributed by atoms with van der Waals surface area (Å²) in [7, 11) is 0. The van der Waals surface area contributed by atoms with Crippen LogP contribution in [-0.4, -0.2) is 30.0 Å². The Morgan fingerprint density at radius 3 is 2.45 bits per heavy atom. The van der Waals surface area contributed by atoms with Gasteiger partial charge in [0.05, 0.1) is 5.57 Å². The number of carbonyl (C=O) groups excluding carboxylic acids is 2. The van der Waals surface area contributed by atoms with E-state index in [9.17, 15) is 14.7 Å². The van der Waals surface area contributed by atoms with Crippen LogP contribution in [-0.2, 0) is 9.59 Å². The standard InChI is InChI=1S/C26H23NO6/c1-14-5-4-6-18(16(14)3)27-23(20-9-7-15(2)33-20)22(25(29)26(27)30)24(28)17-8-10-19-21(13-17)32-12-11-31-19/h4-10,13,23,28H,11-12H2,1-3H3/b24-22-. The first-order valence-corrected chi connectivity index (χ1v) is 10.7. The molecule has 1 atom stereocenters. The van der Waals surface area contributed by atoms with E-state index < -0.39 is 17.7 Å². The van der Waals surface area contributed by atoms with Gasteiger partial charge in [-0.15, -0.1) is 0 Å². The molecule has 2 aliphatic rings. The molecule has 0 saturated carbocycles. The molecule has 1 unspecified atom stereocenters. The predicted molar refractivity (Wildman–Crippen MR) is 122 cm³/mol. The molecule has 2 aromatic carbocycles. The summed E-state index contributed by atoms with van der Waals surface area (Å²) in [5.74, 6) is 0.273. The maximum absolute atomic E-state index is 13.3. The first-order chi connectivity index (χ1) is 15.9. The lowest BCUT2D eigenvalue weighted by molar-refractivity contribution is -0.132. The predicted octanol–water partition coefficient (Wildman–Crippen LogP) is 4.60. The Balaban J connectivity index is 1.71. The zero-order chi connectivity index (χ0) is 23.3. The molecule has 7 heteroatoms. The molecule has 0 spiro atoms. The number of aliphatic hydroxyl groups is 1. The van der Waals surface area contributed by atoms with Gasteiger partial charge in [0.2, 0.25) is 0 Å². The van der Waals surface area contributed by atoms with E-state index in [1.807, 2.05) is 26.0 Å². The molecule has 1 aromatic heterocycles. The normalized spacial score (nSPS) is 19.2. The van der Waals surface area contributed by atoms with Crippen molar-refractivity contribution in [3.05, 3.63) is 82.3 Å². The van der Waals surface area contributed by atoms with Gasteiger partial charge in [-0.2, -0.15) is 0 Å². The number of Topliss-reactive ketones (excluding diaryl/α,β-unsaturated/α-hetero) is 1. The summed E-state index contributed by atoms with van der Waals surface area (Å²) in [6.07, 6.45) is 0. The number of hydrogen-bond donors (Lipinski definition) is 1. The Morgan fingerprint density at radius 1 is 0.970 bits per heavy atom. The minimum absolute atomic E-state index is 0.0352. The number of benzene rings is 2. The fourth-order valence-electron chi connectivity index (χ4n) is 4.29. The van der Waals surface area contributed by atoms with Gasteiger partial charge in [-0.25, -0.2) is 0 Å². The monoisotopic (exact) mass is 445 g/mol. The Bertz CT molecular complexity index is 1320. The second-order valence-electron chi connectivity index (χ2n) is 8.19. The van der Waals surface area contributed by atoms with Crippen molar-refractivity contribution in [3.63, 3.8) is 0 Å². The Kier molecular flexibility index (Phi) is 4.96. The summed E-state index contributed by atoms with van der Waals surface area (Å²) in [6.45, 7) is 6.46. The van der Waals surface area contributed by atoms with Crippen LogP contribution in [0, 0.1) is 20.8 Å². The highest BCUT2D eigenvalue weighted by atomic mass is 16.6. The highest BCUT2D eigenvalue weighted by molar-refractivity contribution is 6.51. The quantitative estimate of drug-likeness (QED) is 0.360. The maximum atomic E-state index is 13.3. The van der Waals surface area contributed by atoms with E-state index in [0.717, 1.165) is 11.1 Å². The van der Waals surface area contributed by atoms with Gasteiger partial charge in [0.1, 0.15) is 36.5 Å². The molecule has 0 aliphatic carbocycles. The lowest BCUT2D eigenvalue weighted by Crippen LogP contribution is -2.30. The Hall–Kier alpha value is -4.00. The van der Waals surface area contributed by atoms with Crippen LogP contribution in [0.1, 0.15) is 34.3 Å². The number of ketones is 1. The Morgan fingerprint density at radius 2 is 1.73 bits per heavy atom. The number of aliphatic hydroxyl groups excluding tert-OH is 1. The summed E-state index contributed by atoms with van der Waals surface area (Å²) < 4.78 is 17.0. The van der Waals surface area contributed by atoms with Gasteiger partial charge >= 0.3 is 0 Å². The Labute approximate surface area is 190 Å². The summed E-state index contributed by atoms with van der Waals surface area (Å²) in [5, 5.41) is 11.3. The number of nitrogens with zero attached hydrogens (tertiary/aromatic N) is 1. The SMILES string of the molecule is Cc1ccc(C2/C(=C(/O)c3ccc4c(c3)OCCO4)C(=O)C(=O)N2c2cccc(C)c2C)o1. The van der Waals surface area contributed by atoms with E-state index in [2.05, 4.69) is 0 Å². The van der Waals surface area contributed by atoms with Crippen LogP contribution in [0.3, 0.4) is 0 Å².